The van der Waals surface area contributed by atoms with Gasteiger partial charge in [-0.3, -0.25) is 19.6 Å². The number of likely N-dealkylation sites (N-methyl/N-ethyl adjacent to an activating group) is 1. The van der Waals surface area contributed by atoms with Crippen molar-refractivity contribution < 1.29 is 19.1 Å². The van der Waals surface area contributed by atoms with Gasteiger partial charge < -0.3 is 25.8 Å². The van der Waals surface area contributed by atoms with Gasteiger partial charge in [-0.05, 0) is 44.2 Å². The van der Waals surface area contributed by atoms with Gasteiger partial charge in [-0.2, -0.15) is 23.5 Å². The Morgan fingerprint density at radius 2 is 0.917 bits per heavy atom. The quantitative estimate of drug-likeness (QED) is 0.0286. The van der Waals surface area contributed by atoms with Crippen LogP contribution in [0.5, 0.6) is 0 Å². The number of aliphatic imine (C=N–C) groups is 2. The molecule has 0 rings (SSSR count). The Bertz CT molecular complexity index is 753. The second-order valence-corrected chi connectivity index (χ2v) is 15.1. The summed E-state index contributed by atoms with van der Waals surface area (Å²) in [6.07, 6.45) is 21.6. The molecule has 0 aromatic rings. The number of thioether (sulfide) groups is 2. The lowest BCUT2D eigenvalue weighted by atomic mass is 10.1. The fraction of sp³-hybridized carbons (Fsp3) is 0.892. The van der Waals surface area contributed by atoms with E-state index in [-0.39, 0.29) is 11.9 Å². The zero-order chi connectivity index (χ0) is 35.3. The lowest BCUT2D eigenvalue weighted by molar-refractivity contribution is -0.144. The Balaban J connectivity index is 3.63. The predicted octanol–water partition coefficient (Wildman–Crippen LogP) is 8.03. The molecule has 0 fully saturated rings. The first-order valence-corrected chi connectivity index (χ1v) is 21.4. The van der Waals surface area contributed by atoms with Gasteiger partial charge in [0.1, 0.15) is 0 Å². The van der Waals surface area contributed by atoms with Gasteiger partial charge in [0.05, 0.1) is 50.8 Å². The smallest absolute Gasteiger partial charge is 0.306 e. The maximum absolute atomic E-state index is 11.9. The first kappa shape index (κ1) is 46.5. The molecule has 0 aromatic carbocycles. The van der Waals surface area contributed by atoms with E-state index in [9.17, 15) is 9.59 Å². The van der Waals surface area contributed by atoms with Crippen molar-refractivity contribution in [1.29, 1.82) is 0 Å². The van der Waals surface area contributed by atoms with E-state index in [4.69, 9.17) is 20.9 Å². The minimum Gasteiger partial charge on any atom is -0.466 e. The van der Waals surface area contributed by atoms with Crippen LogP contribution < -0.4 is 11.5 Å². The highest BCUT2D eigenvalue weighted by molar-refractivity contribution is 7.99. The summed E-state index contributed by atoms with van der Waals surface area (Å²) in [6, 6.07) is 0. The number of unbranched alkanes of at least 4 members (excludes halogenated alkanes) is 12. The molecule has 0 bridgehead atoms. The molecule has 48 heavy (non-hydrogen) atoms. The van der Waals surface area contributed by atoms with Gasteiger partial charge in [-0.25, -0.2) is 0 Å². The first-order valence-electron chi connectivity index (χ1n) is 19.1. The van der Waals surface area contributed by atoms with Crippen LogP contribution in [0, 0.1) is 0 Å². The molecule has 0 saturated carbocycles. The lowest BCUT2D eigenvalue weighted by Crippen LogP contribution is -2.26. The summed E-state index contributed by atoms with van der Waals surface area (Å²) in [5, 5.41) is 0. The van der Waals surface area contributed by atoms with Crippen LogP contribution >= 0.6 is 23.5 Å². The zero-order valence-corrected chi connectivity index (χ0v) is 32.8. The molecular formula is C37H73N5O4S2. The largest absolute Gasteiger partial charge is 0.466 e. The third-order valence-corrected chi connectivity index (χ3v) is 10.1. The van der Waals surface area contributed by atoms with Gasteiger partial charge in [-0.1, -0.05) is 90.9 Å². The minimum atomic E-state index is -0.0812. The second kappa shape index (κ2) is 36.8. The van der Waals surface area contributed by atoms with Crippen LogP contribution in [0.4, 0.5) is 0 Å². The van der Waals surface area contributed by atoms with Gasteiger partial charge in [0.2, 0.25) is 0 Å². The Labute approximate surface area is 303 Å². The van der Waals surface area contributed by atoms with Crippen LogP contribution in [0.3, 0.4) is 0 Å². The molecule has 0 heterocycles. The lowest BCUT2D eigenvalue weighted by Gasteiger charge is -2.14. The Morgan fingerprint density at radius 3 is 1.31 bits per heavy atom. The molecular weight excluding hydrogens is 643 g/mol. The Morgan fingerprint density at radius 1 is 0.542 bits per heavy atom. The number of amidine groups is 2. The van der Waals surface area contributed by atoms with Gasteiger partial charge in [-0.15, -0.1) is 0 Å². The monoisotopic (exact) mass is 716 g/mol. The van der Waals surface area contributed by atoms with Crippen molar-refractivity contribution in [2.24, 2.45) is 21.5 Å². The summed E-state index contributed by atoms with van der Waals surface area (Å²) in [7, 11) is 2.06. The molecule has 11 heteroatoms. The van der Waals surface area contributed by atoms with Gasteiger partial charge in [0, 0.05) is 37.4 Å². The topological polar surface area (TPSA) is 133 Å². The third kappa shape index (κ3) is 35.8. The average Bonchev–Trinajstić information content (AvgIpc) is 3.06. The summed E-state index contributed by atoms with van der Waals surface area (Å²) in [6.45, 7) is 8.56. The van der Waals surface area contributed by atoms with Crippen LogP contribution in [-0.4, -0.2) is 98.0 Å². The minimum absolute atomic E-state index is 0.0812. The van der Waals surface area contributed by atoms with E-state index >= 15 is 0 Å². The molecule has 0 atom stereocenters. The number of ether oxygens (including phenoxy) is 2. The van der Waals surface area contributed by atoms with Crippen molar-refractivity contribution in [3.63, 3.8) is 0 Å². The van der Waals surface area contributed by atoms with Crippen molar-refractivity contribution in [2.75, 3.05) is 69.5 Å². The number of hydrogen-bond donors (Lipinski definition) is 2. The van der Waals surface area contributed by atoms with E-state index in [1.807, 2.05) is 0 Å². The molecule has 4 N–H and O–H groups in total. The molecule has 0 spiro atoms. The number of carbonyl (C=O) groups is 2. The summed E-state index contributed by atoms with van der Waals surface area (Å²) in [5.41, 5.74) is 12.2. The molecule has 0 aliphatic carbocycles. The van der Waals surface area contributed by atoms with Crippen molar-refractivity contribution in [3.8, 4) is 0 Å². The molecule has 0 aromatic heterocycles. The molecule has 9 nitrogen and oxygen atoms in total. The summed E-state index contributed by atoms with van der Waals surface area (Å²) in [4.78, 5) is 35.0. The van der Waals surface area contributed by atoms with E-state index in [1.165, 1.54) is 64.2 Å². The number of rotatable bonds is 36. The Hall–Kier alpha value is -1.46. The normalized spacial score (nSPS) is 12.2. The summed E-state index contributed by atoms with van der Waals surface area (Å²) >= 11 is 3.55. The van der Waals surface area contributed by atoms with Crippen molar-refractivity contribution in [3.05, 3.63) is 0 Å². The third-order valence-electron chi connectivity index (χ3n) is 7.96. The maximum atomic E-state index is 11.9. The Kier molecular flexibility index (Phi) is 35.7. The number of nitrogens with zero attached hydrogens (tertiary/aromatic N) is 3. The average molecular weight is 716 g/mol. The molecule has 0 radical (unpaired) electrons. The van der Waals surface area contributed by atoms with Crippen LogP contribution in [0.15, 0.2) is 9.98 Å². The highest BCUT2D eigenvalue weighted by Gasteiger charge is 2.05. The number of nitrogens with two attached hydrogens (primary N) is 2. The van der Waals surface area contributed by atoms with E-state index in [1.54, 1.807) is 23.5 Å². The SMILES string of the molecule is CCCCCCCCCOC(=O)CCSCCCC(N)=NCCN(C)CCN=C(N)CCCSCCC(=O)OCCCCCCCCC. The fourth-order valence-electron chi connectivity index (χ4n) is 4.86. The molecule has 282 valence electrons. The number of esters is 2. The molecule has 0 aliphatic rings. The zero-order valence-electron chi connectivity index (χ0n) is 31.2. The van der Waals surface area contributed by atoms with Crippen molar-refractivity contribution in [1.82, 2.24) is 4.90 Å². The van der Waals surface area contributed by atoms with Gasteiger partial charge >= 0.3 is 11.9 Å². The second-order valence-electron chi connectivity index (χ2n) is 12.7. The maximum Gasteiger partial charge on any atom is 0.306 e. The van der Waals surface area contributed by atoms with Crippen LogP contribution in [0.25, 0.3) is 0 Å². The number of carbonyl (C=O) groups excluding carboxylic acids is 2. The number of hydrogen-bond acceptors (Lipinski definition) is 9. The standard InChI is InChI=1S/C37H73N5O4S2/c1-4-6-8-10-12-14-16-28-45-36(43)22-32-47-30-18-20-34(38)40-24-26-42(3)27-25-41-35(39)21-19-31-48-33-23-37(44)46-29-17-15-13-11-9-7-5-2/h4-33H2,1-3H3,(H2,38,40)(H2,39,41). The van der Waals surface area contributed by atoms with E-state index in [2.05, 4.69) is 35.8 Å². The first-order chi connectivity index (χ1) is 23.4. The van der Waals surface area contributed by atoms with Gasteiger partial charge in [0.25, 0.3) is 0 Å². The molecule has 0 aliphatic heterocycles. The van der Waals surface area contributed by atoms with Crippen LogP contribution in [-0.2, 0) is 19.1 Å². The van der Waals surface area contributed by atoms with Crippen molar-refractivity contribution in [2.45, 2.75) is 142 Å². The fourth-order valence-corrected chi connectivity index (χ4v) is 6.59. The molecule has 0 saturated heterocycles. The molecule has 0 amide bonds. The molecule has 0 unspecified atom stereocenters. The highest BCUT2D eigenvalue weighted by atomic mass is 32.2. The van der Waals surface area contributed by atoms with E-state index in [0.29, 0.717) is 50.8 Å². The predicted molar refractivity (Wildman–Crippen MR) is 211 cm³/mol. The van der Waals surface area contributed by atoms with Gasteiger partial charge in [0.15, 0.2) is 0 Å². The summed E-state index contributed by atoms with van der Waals surface area (Å²) in [5.74, 6) is 4.74. The van der Waals surface area contributed by atoms with E-state index < -0.39 is 0 Å². The summed E-state index contributed by atoms with van der Waals surface area (Å²) < 4.78 is 10.7. The van der Waals surface area contributed by atoms with Crippen molar-refractivity contribution >= 4 is 47.1 Å². The van der Waals surface area contributed by atoms with E-state index in [0.717, 1.165) is 87.5 Å². The van der Waals surface area contributed by atoms with Crippen LogP contribution in [0.1, 0.15) is 142 Å². The van der Waals surface area contributed by atoms with Crippen LogP contribution in [0.2, 0.25) is 0 Å². The highest BCUT2D eigenvalue weighted by Crippen LogP contribution is 2.11.